The van der Waals surface area contributed by atoms with Crippen molar-refractivity contribution in [1.82, 2.24) is 15.2 Å². The van der Waals surface area contributed by atoms with E-state index in [0.717, 1.165) is 23.1 Å². The number of fused-ring (bicyclic) bond motifs is 1. The van der Waals surface area contributed by atoms with Gasteiger partial charge in [-0.05, 0) is 30.0 Å². The monoisotopic (exact) mass is 436 g/mol. The maximum absolute atomic E-state index is 12.8. The van der Waals surface area contributed by atoms with Crippen LogP contribution in [0.25, 0.3) is 0 Å². The van der Waals surface area contributed by atoms with Crippen LogP contribution in [0.2, 0.25) is 4.34 Å². The summed E-state index contributed by atoms with van der Waals surface area (Å²) in [5, 5.41) is 6.83. The number of allylic oxidation sites excluding steroid dienone is 2. The summed E-state index contributed by atoms with van der Waals surface area (Å²) in [6, 6.07) is 9.62. The van der Waals surface area contributed by atoms with Crippen LogP contribution in [-0.2, 0) is 10.0 Å². The highest BCUT2D eigenvalue weighted by Crippen LogP contribution is 2.33. The SMILES string of the molecule is O=C1C(Sc2nc[nH]n2)=CC(=NS(=O)(=O)c2ccc(Cl)s2)c2ccccc21. The van der Waals surface area contributed by atoms with Gasteiger partial charge in [-0.25, -0.2) is 4.98 Å². The van der Waals surface area contributed by atoms with Crippen LogP contribution in [0.3, 0.4) is 0 Å². The molecule has 1 aliphatic carbocycles. The minimum absolute atomic E-state index is 0.0333. The van der Waals surface area contributed by atoms with E-state index in [1.54, 1.807) is 24.3 Å². The zero-order valence-electron chi connectivity index (χ0n) is 13.3. The van der Waals surface area contributed by atoms with E-state index in [2.05, 4.69) is 19.6 Å². The highest BCUT2D eigenvalue weighted by Gasteiger charge is 2.27. The Bertz CT molecular complexity index is 1200. The van der Waals surface area contributed by atoms with E-state index in [1.165, 1.54) is 24.5 Å². The molecule has 2 aromatic heterocycles. The summed E-state index contributed by atoms with van der Waals surface area (Å²) in [6.07, 6.45) is 2.84. The lowest BCUT2D eigenvalue weighted by atomic mass is 9.94. The van der Waals surface area contributed by atoms with Gasteiger partial charge in [0.25, 0.3) is 10.0 Å². The molecule has 1 N–H and O–H groups in total. The van der Waals surface area contributed by atoms with Crippen molar-refractivity contribution in [2.24, 2.45) is 4.40 Å². The molecule has 7 nitrogen and oxygen atoms in total. The summed E-state index contributed by atoms with van der Waals surface area (Å²) in [5.41, 5.74) is 0.997. The molecule has 0 fully saturated rings. The molecule has 2 heterocycles. The molecule has 0 unspecified atom stereocenters. The van der Waals surface area contributed by atoms with Crippen LogP contribution in [0.5, 0.6) is 0 Å². The lowest BCUT2D eigenvalue weighted by Crippen LogP contribution is -2.17. The van der Waals surface area contributed by atoms with Crippen LogP contribution in [0.15, 0.2) is 67.5 Å². The molecule has 0 atom stereocenters. The van der Waals surface area contributed by atoms with E-state index in [0.29, 0.717) is 20.6 Å². The van der Waals surface area contributed by atoms with E-state index in [-0.39, 0.29) is 20.6 Å². The summed E-state index contributed by atoms with van der Waals surface area (Å²) in [6.45, 7) is 0. The number of sulfonamides is 1. The number of carbonyl (C=O) groups is 1. The molecule has 27 heavy (non-hydrogen) atoms. The van der Waals surface area contributed by atoms with Crippen molar-refractivity contribution in [1.29, 1.82) is 0 Å². The van der Waals surface area contributed by atoms with Gasteiger partial charge in [0, 0.05) is 11.1 Å². The van der Waals surface area contributed by atoms with Crippen LogP contribution in [0.1, 0.15) is 15.9 Å². The first-order chi connectivity index (χ1) is 12.9. The number of carbonyl (C=O) groups excluding carboxylic acids is 1. The molecule has 0 amide bonds. The number of hydrogen-bond donors (Lipinski definition) is 1. The molecule has 11 heteroatoms. The number of aromatic nitrogens is 3. The number of thioether (sulfide) groups is 1. The third kappa shape index (κ3) is 3.61. The molecule has 3 aromatic rings. The zero-order chi connectivity index (χ0) is 19.0. The average Bonchev–Trinajstić information content (AvgIpc) is 3.31. The molecule has 136 valence electrons. The average molecular weight is 437 g/mol. The molecule has 1 aromatic carbocycles. The van der Waals surface area contributed by atoms with E-state index in [4.69, 9.17) is 11.6 Å². The smallest absolute Gasteiger partial charge is 0.288 e. The van der Waals surface area contributed by atoms with Crippen LogP contribution >= 0.6 is 34.7 Å². The van der Waals surface area contributed by atoms with Crippen molar-refractivity contribution in [2.45, 2.75) is 9.37 Å². The van der Waals surface area contributed by atoms with Crippen molar-refractivity contribution in [3.63, 3.8) is 0 Å². The number of halogens is 1. The standard InChI is InChI=1S/C16H9ClN4O3S3/c17-13-5-6-14(26-13)27(23,24)21-11-7-12(25-16-18-8-19-20-16)15(22)10-4-2-1-3-9(10)11/h1-8H,(H,18,19,20). The second-order valence-electron chi connectivity index (χ2n) is 5.28. The number of benzene rings is 1. The van der Waals surface area contributed by atoms with Crippen molar-refractivity contribution in [3.05, 3.63) is 69.2 Å². The van der Waals surface area contributed by atoms with Gasteiger partial charge in [0.2, 0.25) is 10.9 Å². The van der Waals surface area contributed by atoms with Crippen LogP contribution in [0, 0.1) is 0 Å². The summed E-state index contributed by atoms with van der Waals surface area (Å²) >= 11 is 7.80. The van der Waals surface area contributed by atoms with E-state index >= 15 is 0 Å². The van der Waals surface area contributed by atoms with Crippen molar-refractivity contribution in [3.8, 4) is 0 Å². The van der Waals surface area contributed by atoms with Gasteiger partial charge in [-0.1, -0.05) is 35.9 Å². The first-order valence-corrected chi connectivity index (χ1v) is 10.9. The Morgan fingerprint density at radius 2 is 1.93 bits per heavy atom. The first kappa shape index (κ1) is 18.1. The molecule has 1 aliphatic rings. The minimum Gasteiger partial charge on any atom is -0.288 e. The molecular formula is C16H9ClN4O3S3. The number of aromatic amines is 1. The number of thiophene rings is 1. The zero-order valence-corrected chi connectivity index (χ0v) is 16.5. The lowest BCUT2D eigenvalue weighted by molar-refractivity contribution is 0.104. The number of hydrogen-bond acceptors (Lipinski definition) is 7. The van der Waals surface area contributed by atoms with E-state index in [9.17, 15) is 13.2 Å². The van der Waals surface area contributed by atoms with Crippen molar-refractivity contribution < 1.29 is 13.2 Å². The van der Waals surface area contributed by atoms with Crippen LogP contribution in [0.4, 0.5) is 0 Å². The summed E-state index contributed by atoms with van der Waals surface area (Å²) < 4.78 is 29.6. The van der Waals surface area contributed by atoms with Gasteiger partial charge in [0.15, 0.2) is 0 Å². The summed E-state index contributed by atoms with van der Waals surface area (Å²) in [7, 11) is -3.97. The Hall–Kier alpha value is -2.27. The fourth-order valence-electron chi connectivity index (χ4n) is 2.41. The maximum atomic E-state index is 12.8. The van der Waals surface area contributed by atoms with Gasteiger partial charge in [-0.3, -0.25) is 9.89 Å². The third-order valence-corrected chi connectivity index (χ3v) is 7.45. The fourth-order valence-corrected chi connectivity index (χ4v) is 5.64. The van der Waals surface area contributed by atoms with Crippen molar-refractivity contribution >= 4 is 56.2 Å². The Morgan fingerprint density at radius 1 is 1.15 bits per heavy atom. The topological polar surface area (TPSA) is 105 Å². The Kier molecular flexibility index (Phi) is 4.72. The van der Waals surface area contributed by atoms with Crippen LogP contribution in [-0.4, -0.2) is 35.1 Å². The third-order valence-electron chi connectivity index (χ3n) is 3.55. The Labute approximate surface area is 167 Å². The predicted octanol–water partition coefficient (Wildman–Crippen LogP) is 3.57. The van der Waals surface area contributed by atoms with Crippen LogP contribution < -0.4 is 0 Å². The van der Waals surface area contributed by atoms with Gasteiger partial charge >= 0.3 is 0 Å². The number of nitrogens with zero attached hydrogens (tertiary/aromatic N) is 3. The molecular weight excluding hydrogens is 428 g/mol. The van der Waals surface area contributed by atoms with E-state index in [1.807, 2.05) is 0 Å². The quantitative estimate of drug-likeness (QED) is 0.670. The Morgan fingerprint density at radius 3 is 2.59 bits per heavy atom. The molecule has 4 rings (SSSR count). The minimum atomic E-state index is -3.97. The van der Waals surface area contributed by atoms with Gasteiger partial charge in [-0.2, -0.15) is 12.8 Å². The highest BCUT2D eigenvalue weighted by molar-refractivity contribution is 8.04. The molecule has 0 saturated carbocycles. The number of nitrogens with one attached hydrogen (secondary N) is 1. The molecule has 0 spiro atoms. The first-order valence-electron chi connectivity index (χ1n) is 7.44. The van der Waals surface area contributed by atoms with E-state index < -0.39 is 10.0 Å². The molecule has 0 radical (unpaired) electrons. The highest BCUT2D eigenvalue weighted by atomic mass is 35.5. The largest absolute Gasteiger partial charge is 0.292 e. The second kappa shape index (κ2) is 7.04. The number of Topliss-reactive ketones (excluding diaryl/α,β-unsaturated/α-hetero) is 1. The van der Waals surface area contributed by atoms with Gasteiger partial charge < -0.3 is 0 Å². The van der Waals surface area contributed by atoms with Gasteiger partial charge in [0.05, 0.1) is 15.0 Å². The number of H-pyrrole nitrogens is 1. The molecule has 0 bridgehead atoms. The Balaban J connectivity index is 1.83. The summed E-state index contributed by atoms with van der Waals surface area (Å²) in [5.74, 6) is -0.240. The second-order valence-corrected chi connectivity index (χ2v) is 9.83. The lowest BCUT2D eigenvalue weighted by Gasteiger charge is -2.16. The van der Waals surface area contributed by atoms with Gasteiger partial charge in [0.1, 0.15) is 10.5 Å². The normalized spacial score (nSPS) is 15.7. The summed E-state index contributed by atoms with van der Waals surface area (Å²) in [4.78, 5) is 17.0. The predicted molar refractivity (Wildman–Crippen MR) is 104 cm³/mol. The van der Waals surface area contributed by atoms with Gasteiger partial charge in [-0.15, -0.1) is 16.4 Å². The number of ketones is 1. The molecule has 0 saturated heterocycles. The fraction of sp³-hybridized carbons (Fsp3) is 0. The molecule has 0 aliphatic heterocycles. The number of rotatable bonds is 4. The van der Waals surface area contributed by atoms with Crippen molar-refractivity contribution in [2.75, 3.05) is 0 Å². The maximum Gasteiger partial charge on any atom is 0.292 e.